The number of amides is 4. The number of rotatable bonds is 6. The average Bonchev–Trinajstić information content (AvgIpc) is 3.18. The van der Waals surface area contributed by atoms with Gasteiger partial charge >= 0.3 is 6.03 Å². The highest BCUT2D eigenvalue weighted by Crippen LogP contribution is 2.32. The predicted molar refractivity (Wildman–Crippen MR) is 98.6 cm³/mol. The van der Waals surface area contributed by atoms with Gasteiger partial charge in [-0.1, -0.05) is 32.0 Å². The largest absolute Gasteiger partial charge is 0.352 e. The third-order valence-electron chi connectivity index (χ3n) is 5.60. The maximum atomic E-state index is 13.0. The summed E-state index contributed by atoms with van der Waals surface area (Å²) in [6.07, 6.45) is 4.82. The lowest BCUT2D eigenvalue weighted by Gasteiger charge is -2.23. The standard InChI is InChI=1S/C20H27N3O3/c1-4-16(5-2)21-17(24)12-23-18(25)20(3,22-19(23)26)15-10-9-13-7-6-8-14(13)11-15/h9-11,16H,4-8,12H2,1-3H3,(H,21,24)(H,22,26)/t20-/m0/s1. The van der Waals surface area contributed by atoms with Crippen LogP contribution < -0.4 is 10.6 Å². The molecule has 3 rings (SSSR count). The van der Waals surface area contributed by atoms with Crippen LogP contribution in [-0.4, -0.2) is 35.3 Å². The van der Waals surface area contributed by atoms with Gasteiger partial charge in [-0.05, 0) is 55.7 Å². The van der Waals surface area contributed by atoms with Gasteiger partial charge in [0, 0.05) is 6.04 Å². The Bertz CT molecular complexity index is 742. The summed E-state index contributed by atoms with van der Waals surface area (Å²) in [6, 6.07) is 5.53. The Morgan fingerprint density at radius 3 is 2.62 bits per heavy atom. The molecule has 0 unspecified atom stereocenters. The number of benzene rings is 1. The second-order valence-electron chi connectivity index (χ2n) is 7.36. The molecular weight excluding hydrogens is 330 g/mol. The van der Waals surface area contributed by atoms with E-state index in [2.05, 4.69) is 10.6 Å². The molecule has 1 saturated heterocycles. The fourth-order valence-corrected chi connectivity index (χ4v) is 3.83. The van der Waals surface area contributed by atoms with Crippen molar-refractivity contribution in [2.24, 2.45) is 0 Å². The van der Waals surface area contributed by atoms with E-state index in [9.17, 15) is 14.4 Å². The fourth-order valence-electron chi connectivity index (χ4n) is 3.83. The van der Waals surface area contributed by atoms with E-state index in [0.29, 0.717) is 0 Å². The van der Waals surface area contributed by atoms with Gasteiger partial charge in [-0.2, -0.15) is 0 Å². The van der Waals surface area contributed by atoms with Gasteiger partial charge in [0.25, 0.3) is 5.91 Å². The molecule has 6 heteroatoms. The maximum Gasteiger partial charge on any atom is 0.325 e. The van der Waals surface area contributed by atoms with Crippen LogP contribution in [0.25, 0.3) is 0 Å². The second-order valence-corrected chi connectivity index (χ2v) is 7.36. The molecule has 1 aliphatic carbocycles. The Balaban J connectivity index is 1.76. The van der Waals surface area contributed by atoms with Crippen molar-refractivity contribution in [3.05, 3.63) is 34.9 Å². The van der Waals surface area contributed by atoms with Crippen LogP contribution in [0.5, 0.6) is 0 Å². The van der Waals surface area contributed by atoms with Crippen LogP contribution in [0.2, 0.25) is 0 Å². The maximum absolute atomic E-state index is 13.0. The van der Waals surface area contributed by atoms with Gasteiger partial charge in [-0.15, -0.1) is 0 Å². The number of carbonyl (C=O) groups excluding carboxylic acids is 3. The van der Waals surface area contributed by atoms with Crippen molar-refractivity contribution in [1.82, 2.24) is 15.5 Å². The predicted octanol–water partition coefficient (Wildman–Crippen LogP) is 2.25. The van der Waals surface area contributed by atoms with Gasteiger partial charge in [0.05, 0.1) is 0 Å². The molecule has 4 amide bonds. The molecule has 0 radical (unpaired) electrons. The molecule has 0 bridgehead atoms. The first-order chi connectivity index (χ1) is 12.4. The van der Waals surface area contributed by atoms with E-state index in [1.54, 1.807) is 6.92 Å². The zero-order valence-electron chi connectivity index (χ0n) is 15.7. The van der Waals surface area contributed by atoms with Crippen molar-refractivity contribution >= 4 is 17.8 Å². The number of hydrogen-bond donors (Lipinski definition) is 2. The number of urea groups is 1. The van der Waals surface area contributed by atoms with E-state index in [0.717, 1.165) is 42.6 Å². The van der Waals surface area contributed by atoms with Gasteiger partial charge in [0.2, 0.25) is 5.91 Å². The summed E-state index contributed by atoms with van der Waals surface area (Å²) in [5.41, 5.74) is 2.22. The Labute approximate surface area is 154 Å². The molecule has 1 fully saturated rings. The van der Waals surface area contributed by atoms with Crippen LogP contribution in [0.15, 0.2) is 18.2 Å². The zero-order chi connectivity index (χ0) is 18.9. The summed E-state index contributed by atoms with van der Waals surface area (Å²) in [6.45, 7) is 5.45. The number of fused-ring (bicyclic) bond motifs is 1. The van der Waals surface area contributed by atoms with E-state index in [1.165, 1.54) is 11.1 Å². The molecule has 1 atom stereocenters. The number of hydrogen-bond acceptors (Lipinski definition) is 3. The minimum Gasteiger partial charge on any atom is -0.352 e. The third kappa shape index (κ3) is 3.20. The third-order valence-corrected chi connectivity index (χ3v) is 5.60. The lowest BCUT2D eigenvalue weighted by molar-refractivity contribution is -0.135. The zero-order valence-corrected chi connectivity index (χ0v) is 15.7. The fraction of sp³-hybridized carbons (Fsp3) is 0.550. The van der Waals surface area contributed by atoms with Crippen LogP contribution >= 0.6 is 0 Å². The minimum absolute atomic E-state index is 0.0614. The lowest BCUT2D eigenvalue weighted by atomic mass is 9.89. The lowest BCUT2D eigenvalue weighted by Crippen LogP contribution is -2.45. The molecular formula is C20H27N3O3. The van der Waals surface area contributed by atoms with Crippen LogP contribution in [0.3, 0.4) is 0 Å². The van der Waals surface area contributed by atoms with Crippen molar-refractivity contribution in [2.75, 3.05) is 6.54 Å². The number of carbonyl (C=O) groups is 3. The first kappa shape index (κ1) is 18.4. The van der Waals surface area contributed by atoms with Gasteiger partial charge < -0.3 is 10.6 Å². The van der Waals surface area contributed by atoms with E-state index in [1.807, 2.05) is 32.0 Å². The van der Waals surface area contributed by atoms with Gasteiger partial charge in [-0.25, -0.2) is 4.79 Å². The Morgan fingerprint density at radius 2 is 1.92 bits per heavy atom. The summed E-state index contributed by atoms with van der Waals surface area (Å²) in [5, 5.41) is 5.65. The molecule has 1 aromatic carbocycles. The molecule has 1 heterocycles. The molecule has 140 valence electrons. The van der Waals surface area contributed by atoms with Crippen LogP contribution in [0, 0.1) is 0 Å². The molecule has 2 N–H and O–H groups in total. The monoisotopic (exact) mass is 357 g/mol. The van der Waals surface area contributed by atoms with Gasteiger partial charge in [0.1, 0.15) is 12.1 Å². The highest BCUT2D eigenvalue weighted by atomic mass is 16.2. The molecule has 1 aliphatic heterocycles. The summed E-state index contributed by atoms with van der Waals surface area (Å²) in [7, 11) is 0. The molecule has 26 heavy (non-hydrogen) atoms. The Morgan fingerprint density at radius 1 is 1.23 bits per heavy atom. The van der Waals surface area contributed by atoms with Crippen LogP contribution in [0.1, 0.15) is 56.7 Å². The Kier molecular flexibility index (Phi) is 5.03. The molecule has 1 aromatic rings. The van der Waals surface area contributed by atoms with E-state index < -0.39 is 11.6 Å². The topological polar surface area (TPSA) is 78.5 Å². The van der Waals surface area contributed by atoms with Crippen molar-refractivity contribution in [3.63, 3.8) is 0 Å². The molecule has 6 nitrogen and oxygen atoms in total. The molecule has 0 spiro atoms. The van der Waals surface area contributed by atoms with Crippen LogP contribution in [0.4, 0.5) is 4.79 Å². The number of aryl methyl sites for hydroxylation is 2. The molecule has 0 saturated carbocycles. The molecule has 2 aliphatic rings. The number of nitrogens with one attached hydrogen (secondary N) is 2. The van der Waals surface area contributed by atoms with Crippen molar-refractivity contribution < 1.29 is 14.4 Å². The quantitative estimate of drug-likeness (QED) is 0.767. The summed E-state index contributed by atoms with van der Waals surface area (Å²) in [5.74, 6) is -0.680. The SMILES string of the molecule is CCC(CC)NC(=O)CN1C(=O)N[C@@](C)(c2ccc3c(c2)CCC3)C1=O. The minimum atomic E-state index is -1.12. The summed E-state index contributed by atoms with van der Waals surface area (Å²) in [4.78, 5) is 38.6. The van der Waals surface area contributed by atoms with E-state index >= 15 is 0 Å². The van der Waals surface area contributed by atoms with Crippen molar-refractivity contribution in [2.45, 2.75) is 64.5 Å². The van der Waals surface area contributed by atoms with E-state index in [4.69, 9.17) is 0 Å². The summed E-state index contributed by atoms with van der Waals surface area (Å²) >= 11 is 0. The number of nitrogens with zero attached hydrogens (tertiary/aromatic N) is 1. The highest BCUT2D eigenvalue weighted by molar-refractivity contribution is 6.09. The van der Waals surface area contributed by atoms with Gasteiger partial charge in [-0.3, -0.25) is 14.5 Å². The second kappa shape index (κ2) is 7.09. The Hall–Kier alpha value is -2.37. The molecule has 0 aromatic heterocycles. The summed E-state index contributed by atoms with van der Waals surface area (Å²) < 4.78 is 0. The highest BCUT2D eigenvalue weighted by Gasteiger charge is 2.49. The first-order valence-corrected chi connectivity index (χ1v) is 9.44. The van der Waals surface area contributed by atoms with Gasteiger partial charge in [0.15, 0.2) is 0 Å². The first-order valence-electron chi connectivity index (χ1n) is 9.44. The number of imide groups is 1. The van der Waals surface area contributed by atoms with Crippen molar-refractivity contribution in [3.8, 4) is 0 Å². The average molecular weight is 357 g/mol. The van der Waals surface area contributed by atoms with Crippen molar-refractivity contribution in [1.29, 1.82) is 0 Å². The van der Waals surface area contributed by atoms with Crippen LogP contribution in [-0.2, 0) is 28.0 Å². The van der Waals surface area contributed by atoms with E-state index in [-0.39, 0.29) is 24.4 Å². The smallest absolute Gasteiger partial charge is 0.325 e. The normalized spacial score (nSPS) is 21.9.